The minimum Gasteiger partial charge on any atom is -0.459 e. The van der Waals surface area contributed by atoms with Gasteiger partial charge in [0.2, 0.25) is 0 Å². The molecule has 19 heavy (non-hydrogen) atoms. The highest BCUT2D eigenvalue weighted by Gasteiger charge is 2.41. The second-order valence-corrected chi connectivity index (χ2v) is 4.81. The predicted molar refractivity (Wildman–Crippen MR) is 70.8 cm³/mol. The molecule has 0 saturated heterocycles. The molecule has 0 saturated carbocycles. The molecule has 0 radical (unpaired) electrons. The molecule has 3 heteroatoms. The Morgan fingerprint density at radius 1 is 1.11 bits per heavy atom. The molecule has 96 valence electrons. The van der Waals surface area contributed by atoms with E-state index in [1.165, 1.54) is 0 Å². The summed E-state index contributed by atoms with van der Waals surface area (Å²) in [5.41, 5.74) is 1.44. The second kappa shape index (κ2) is 4.52. The molecule has 0 aromatic heterocycles. The molecule has 1 unspecified atom stereocenters. The zero-order valence-electron chi connectivity index (χ0n) is 10.4. The molecule has 0 aliphatic heterocycles. The van der Waals surface area contributed by atoms with Gasteiger partial charge in [-0.2, -0.15) is 0 Å². The number of hydrogen-bond acceptors (Lipinski definition) is 3. The van der Waals surface area contributed by atoms with E-state index in [0.717, 1.165) is 11.1 Å². The van der Waals surface area contributed by atoms with Crippen LogP contribution in [0.15, 0.2) is 54.6 Å². The lowest BCUT2D eigenvalue weighted by Crippen LogP contribution is -2.43. The standard InChI is InChI=1S/C16H14O3/c17-15(12-6-2-1-3-7-12)19-11-16(18)10-13-8-4-5-9-14(13)16/h1-9,18H,10-11H2. The van der Waals surface area contributed by atoms with E-state index in [2.05, 4.69) is 0 Å². The van der Waals surface area contributed by atoms with E-state index in [0.29, 0.717) is 12.0 Å². The second-order valence-electron chi connectivity index (χ2n) is 4.81. The van der Waals surface area contributed by atoms with Crippen molar-refractivity contribution in [2.24, 2.45) is 0 Å². The highest BCUT2D eigenvalue weighted by atomic mass is 16.5. The number of hydrogen-bond donors (Lipinski definition) is 1. The first-order chi connectivity index (χ1) is 9.19. The van der Waals surface area contributed by atoms with Crippen molar-refractivity contribution in [3.63, 3.8) is 0 Å². The van der Waals surface area contributed by atoms with E-state index in [9.17, 15) is 9.90 Å². The van der Waals surface area contributed by atoms with Gasteiger partial charge in [0.05, 0.1) is 5.56 Å². The van der Waals surface area contributed by atoms with Gasteiger partial charge in [-0.05, 0) is 23.3 Å². The van der Waals surface area contributed by atoms with Gasteiger partial charge in [-0.3, -0.25) is 0 Å². The summed E-state index contributed by atoms with van der Waals surface area (Å²) in [4.78, 5) is 11.8. The minimum absolute atomic E-state index is 0.00224. The summed E-state index contributed by atoms with van der Waals surface area (Å²) >= 11 is 0. The Labute approximate surface area is 111 Å². The number of esters is 1. The van der Waals surface area contributed by atoms with Gasteiger partial charge in [0, 0.05) is 6.42 Å². The largest absolute Gasteiger partial charge is 0.459 e. The maximum absolute atomic E-state index is 11.8. The smallest absolute Gasteiger partial charge is 0.338 e. The molecule has 1 atom stereocenters. The predicted octanol–water partition coefficient (Wildman–Crippen LogP) is 2.29. The first-order valence-electron chi connectivity index (χ1n) is 6.22. The highest BCUT2D eigenvalue weighted by molar-refractivity contribution is 5.89. The van der Waals surface area contributed by atoms with Crippen molar-refractivity contribution in [1.82, 2.24) is 0 Å². The zero-order chi connectivity index (χ0) is 13.3. The van der Waals surface area contributed by atoms with Gasteiger partial charge in [-0.25, -0.2) is 4.79 Å². The summed E-state index contributed by atoms with van der Waals surface area (Å²) in [6.45, 7) is -0.00224. The van der Waals surface area contributed by atoms with Crippen molar-refractivity contribution in [2.75, 3.05) is 6.61 Å². The van der Waals surface area contributed by atoms with E-state index in [4.69, 9.17) is 4.74 Å². The third kappa shape index (κ3) is 2.13. The van der Waals surface area contributed by atoms with Crippen LogP contribution in [0.1, 0.15) is 21.5 Å². The topological polar surface area (TPSA) is 46.5 Å². The molecule has 1 aliphatic carbocycles. The van der Waals surface area contributed by atoms with Crippen LogP contribution in [0.3, 0.4) is 0 Å². The van der Waals surface area contributed by atoms with Gasteiger partial charge >= 0.3 is 5.97 Å². The van der Waals surface area contributed by atoms with Gasteiger partial charge in [-0.1, -0.05) is 42.5 Å². The summed E-state index contributed by atoms with van der Waals surface area (Å²) in [7, 11) is 0. The number of fused-ring (bicyclic) bond motifs is 1. The Morgan fingerprint density at radius 3 is 2.53 bits per heavy atom. The summed E-state index contributed by atoms with van der Waals surface area (Å²) in [5.74, 6) is -0.404. The van der Waals surface area contributed by atoms with Crippen LogP contribution >= 0.6 is 0 Å². The van der Waals surface area contributed by atoms with Crippen molar-refractivity contribution in [3.05, 3.63) is 71.3 Å². The van der Waals surface area contributed by atoms with Gasteiger partial charge < -0.3 is 9.84 Å². The van der Waals surface area contributed by atoms with Gasteiger partial charge in [-0.15, -0.1) is 0 Å². The fraction of sp³-hybridized carbons (Fsp3) is 0.188. The van der Waals surface area contributed by atoms with E-state index >= 15 is 0 Å². The molecule has 1 N–H and O–H groups in total. The minimum atomic E-state index is -1.03. The highest BCUT2D eigenvalue weighted by Crippen LogP contribution is 2.38. The lowest BCUT2D eigenvalue weighted by atomic mass is 9.74. The van der Waals surface area contributed by atoms with Crippen molar-refractivity contribution < 1.29 is 14.6 Å². The average molecular weight is 254 g/mol. The Hall–Kier alpha value is -2.13. The summed E-state index contributed by atoms with van der Waals surface area (Å²) in [6.07, 6.45) is 0.533. The third-order valence-corrected chi connectivity index (χ3v) is 3.45. The number of carbonyl (C=O) groups excluding carboxylic acids is 1. The maximum atomic E-state index is 11.8. The SMILES string of the molecule is O=C(OCC1(O)Cc2ccccc21)c1ccccc1. The molecule has 0 amide bonds. The first-order valence-corrected chi connectivity index (χ1v) is 6.22. The van der Waals surface area contributed by atoms with Crippen LogP contribution in [0.25, 0.3) is 0 Å². The molecule has 0 bridgehead atoms. The lowest BCUT2D eigenvalue weighted by Gasteiger charge is -2.38. The molecular formula is C16H14O3. The molecule has 3 rings (SSSR count). The van der Waals surface area contributed by atoms with Crippen LogP contribution in [-0.4, -0.2) is 17.7 Å². The molecule has 1 aliphatic rings. The molecule has 3 nitrogen and oxygen atoms in total. The molecule has 0 spiro atoms. The third-order valence-electron chi connectivity index (χ3n) is 3.45. The number of carbonyl (C=O) groups is 1. The normalized spacial score (nSPS) is 20.3. The average Bonchev–Trinajstić information content (AvgIpc) is 2.45. The fourth-order valence-electron chi connectivity index (χ4n) is 2.40. The Kier molecular flexibility index (Phi) is 2.84. The van der Waals surface area contributed by atoms with Crippen molar-refractivity contribution >= 4 is 5.97 Å². The number of rotatable bonds is 3. The molecule has 0 fully saturated rings. The van der Waals surface area contributed by atoms with E-state index in [1.54, 1.807) is 24.3 Å². The first kappa shape index (κ1) is 11.9. The summed E-state index contributed by atoms with van der Waals surface area (Å²) in [5, 5.41) is 10.4. The van der Waals surface area contributed by atoms with E-state index in [1.807, 2.05) is 30.3 Å². The zero-order valence-corrected chi connectivity index (χ0v) is 10.4. The fourth-order valence-corrected chi connectivity index (χ4v) is 2.40. The van der Waals surface area contributed by atoms with Crippen LogP contribution < -0.4 is 0 Å². The monoisotopic (exact) mass is 254 g/mol. The van der Waals surface area contributed by atoms with Gasteiger partial charge in [0.25, 0.3) is 0 Å². The lowest BCUT2D eigenvalue weighted by molar-refractivity contribution is -0.0514. The number of benzene rings is 2. The number of aliphatic hydroxyl groups is 1. The molecule has 2 aromatic rings. The van der Waals surface area contributed by atoms with Crippen molar-refractivity contribution in [1.29, 1.82) is 0 Å². The van der Waals surface area contributed by atoms with Crippen LogP contribution in [0, 0.1) is 0 Å². The van der Waals surface area contributed by atoms with Gasteiger partial charge in [0.15, 0.2) is 0 Å². The van der Waals surface area contributed by atoms with Crippen LogP contribution in [0.4, 0.5) is 0 Å². The Bertz CT molecular complexity index is 606. The Balaban J connectivity index is 1.67. The van der Waals surface area contributed by atoms with E-state index < -0.39 is 11.6 Å². The van der Waals surface area contributed by atoms with Crippen LogP contribution in [0.5, 0.6) is 0 Å². The summed E-state index contributed by atoms with van der Waals surface area (Å²) in [6, 6.07) is 16.5. The van der Waals surface area contributed by atoms with Crippen LogP contribution in [0.2, 0.25) is 0 Å². The van der Waals surface area contributed by atoms with Crippen molar-refractivity contribution in [2.45, 2.75) is 12.0 Å². The molecule has 0 heterocycles. The Morgan fingerprint density at radius 2 is 1.79 bits per heavy atom. The number of ether oxygens (including phenoxy) is 1. The molecule has 2 aromatic carbocycles. The van der Waals surface area contributed by atoms with Crippen molar-refractivity contribution in [3.8, 4) is 0 Å². The molecular weight excluding hydrogens is 240 g/mol. The maximum Gasteiger partial charge on any atom is 0.338 e. The summed E-state index contributed by atoms with van der Waals surface area (Å²) < 4.78 is 5.20. The van der Waals surface area contributed by atoms with Gasteiger partial charge in [0.1, 0.15) is 12.2 Å². The van der Waals surface area contributed by atoms with Crippen LogP contribution in [-0.2, 0) is 16.8 Å². The van der Waals surface area contributed by atoms with E-state index in [-0.39, 0.29) is 6.61 Å². The quantitative estimate of drug-likeness (QED) is 0.855.